The number of aryl methyl sites for hydroxylation is 1. The molecule has 1 unspecified atom stereocenters. The molecule has 6 heteroatoms. The van der Waals surface area contributed by atoms with E-state index in [0.29, 0.717) is 15.1 Å². The first kappa shape index (κ1) is 16.4. The fraction of sp³-hybridized carbons (Fsp3) is 0.286. The lowest BCUT2D eigenvalue weighted by molar-refractivity contribution is 0.562. The van der Waals surface area contributed by atoms with Crippen molar-refractivity contribution in [1.82, 2.24) is 5.32 Å². The molecule has 0 fully saturated rings. The van der Waals surface area contributed by atoms with E-state index in [2.05, 4.69) is 43.2 Å². The molecule has 108 valence electrons. The number of benzene rings is 1. The SMILES string of the molecule is CCNC(c1cc(C)c(Br)s1)c1cc(Cl)c(Br)cc1F. The average molecular weight is 442 g/mol. The van der Waals surface area contributed by atoms with Crippen LogP contribution < -0.4 is 5.32 Å². The smallest absolute Gasteiger partial charge is 0.129 e. The van der Waals surface area contributed by atoms with Crippen LogP contribution in [0.1, 0.15) is 29.0 Å². The highest BCUT2D eigenvalue weighted by Gasteiger charge is 2.21. The summed E-state index contributed by atoms with van der Waals surface area (Å²) in [5.74, 6) is -0.269. The van der Waals surface area contributed by atoms with E-state index in [1.54, 1.807) is 17.4 Å². The van der Waals surface area contributed by atoms with Gasteiger partial charge in [-0.1, -0.05) is 18.5 Å². The Morgan fingerprint density at radius 2 is 2.05 bits per heavy atom. The summed E-state index contributed by atoms with van der Waals surface area (Å²) in [5.41, 5.74) is 1.71. The maximum atomic E-state index is 14.3. The number of thiophene rings is 1. The number of rotatable bonds is 4. The van der Waals surface area contributed by atoms with Crippen LogP contribution >= 0.6 is 54.8 Å². The quantitative estimate of drug-likeness (QED) is 0.568. The number of hydrogen-bond acceptors (Lipinski definition) is 2. The normalized spacial score (nSPS) is 12.7. The Balaban J connectivity index is 2.50. The molecule has 0 saturated heterocycles. The molecule has 0 spiro atoms. The van der Waals surface area contributed by atoms with Gasteiger partial charge in [-0.05, 0) is 69.1 Å². The number of hydrogen-bond donors (Lipinski definition) is 1. The summed E-state index contributed by atoms with van der Waals surface area (Å²) in [7, 11) is 0. The fourth-order valence-corrected chi connectivity index (χ4v) is 4.11. The topological polar surface area (TPSA) is 12.0 Å². The Morgan fingerprint density at radius 1 is 1.35 bits per heavy atom. The first-order valence-electron chi connectivity index (χ1n) is 6.07. The van der Waals surface area contributed by atoms with Crippen LogP contribution in [0.4, 0.5) is 4.39 Å². The molecule has 0 aliphatic heterocycles. The molecule has 1 atom stereocenters. The Morgan fingerprint density at radius 3 is 2.60 bits per heavy atom. The molecule has 0 radical (unpaired) electrons. The van der Waals surface area contributed by atoms with Gasteiger partial charge in [0.1, 0.15) is 5.82 Å². The highest BCUT2D eigenvalue weighted by Crippen LogP contribution is 2.37. The van der Waals surface area contributed by atoms with Gasteiger partial charge in [0.05, 0.1) is 14.9 Å². The van der Waals surface area contributed by atoms with Crippen LogP contribution in [-0.2, 0) is 0 Å². The zero-order valence-corrected chi connectivity index (χ0v) is 15.7. The molecular formula is C14H13Br2ClFNS. The predicted octanol–water partition coefficient (Wildman–Crippen LogP) is 6.07. The van der Waals surface area contributed by atoms with Gasteiger partial charge in [-0.3, -0.25) is 0 Å². The third-order valence-corrected chi connectivity index (χ3v) is 6.32. The van der Waals surface area contributed by atoms with E-state index < -0.39 is 0 Å². The third kappa shape index (κ3) is 3.45. The van der Waals surface area contributed by atoms with Crippen LogP contribution in [-0.4, -0.2) is 6.54 Å². The summed E-state index contributed by atoms with van der Waals surface area (Å²) < 4.78 is 15.9. The van der Waals surface area contributed by atoms with Crippen LogP contribution in [0.15, 0.2) is 26.5 Å². The molecule has 1 nitrogen and oxygen atoms in total. The Bertz CT molecular complexity index is 610. The van der Waals surface area contributed by atoms with E-state index in [1.165, 1.54) is 6.07 Å². The van der Waals surface area contributed by atoms with Gasteiger partial charge in [-0.25, -0.2) is 4.39 Å². The third-order valence-electron chi connectivity index (χ3n) is 2.92. The summed E-state index contributed by atoms with van der Waals surface area (Å²) in [6.07, 6.45) is 0. The summed E-state index contributed by atoms with van der Waals surface area (Å²) in [6, 6.07) is 4.97. The summed E-state index contributed by atoms with van der Waals surface area (Å²) in [5, 5.41) is 3.83. The molecule has 0 aliphatic rings. The lowest BCUT2D eigenvalue weighted by Gasteiger charge is -2.18. The fourth-order valence-electron chi connectivity index (χ4n) is 1.95. The molecule has 2 aromatic rings. The molecule has 1 aromatic carbocycles. The van der Waals surface area contributed by atoms with Gasteiger partial charge in [-0.15, -0.1) is 11.3 Å². The van der Waals surface area contributed by atoms with E-state index in [9.17, 15) is 4.39 Å². The van der Waals surface area contributed by atoms with Gasteiger partial charge in [0, 0.05) is 14.9 Å². The molecule has 1 heterocycles. The Hall–Kier alpha value is 0.0600. The predicted molar refractivity (Wildman–Crippen MR) is 91.4 cm³/mol. The monoisotopic (exact) mass is 439 g/mol. The summed E-state index contributed by atoms with van der Waals surface area (Å²) >= 11 is 14.5. The van der Waals surface area contributed by atoms with Crippen molar-refractivity contribution in [3.05, 3.63) is 53.3 Å². The minimum atomic E-state index is -0.269. The van der Waals surface area contributed by atoms with Gasteiger partial charge in [0.2, 0.25) is 0 Å². The van der Waals surface area contributed by atoms with E-state index in [1.807, 2.05) is 13.8 Å². The van der Waals surface area contributed by atoms with Gasteiger partial charge in [0.25, 0.3) is 0 Å². The van der Waals surface area contributed by atoms with E-state index in [0.717, 1.165) is 20.8 Å². The van der Waals surface area contributed by atoms with Gasteiger partial charge in [0.15, 0.2) is 0 Å². The van der Waals surface area contributed by atoms with Crippen molar-refractivity contribution in [2.24, 2.45) is 0 Å². The van der Waals surface area contributed by atoms with E-state index in [4.69, 9.17) is 11.6 Å². The van der Waals surface area contributed by atoms with Crippen molar-refractivity contribution < 1.29 is 4.39 Å². The Kier molecular flexibility index (Phi) is 5.65. The van der Waals surface area contributed by atoms with Crippen LogP contribution in [0.2, 0.25) is 5.02 Å². The van der Waals surface area contributed by atoms with Gasteiger partial charge >= 0.3 is 0 Å². The number of halogens is 4. The number of nitrogens with one attached hydrogen (secondary N) is 1. The molecule has 0 amide bonds. The second kappa shape index (κ2) is 6.88. The molecule has 1 N–H and O–H groups in total. The lowest BCUT2D eigenvalue weighted by atomic mass is 10.0. The molecule has 0 bridgehead atoms. The second-order valence-electron chi connectivity index (χ2n) is 4.38. The highest BCUT2D eigenvalue weighted by atomic mass is 79.9. The van der Waals surface area contributed by atoms with Gasteiger partial charge in [-0.2, -0.15) is 0 Å². The largest absolute Gasteiger partial charge is 0.306 e. The van der Waals surface area contributed by atoms with E-state index >= 15 is 0 Å². The van der Waals surface area contributed by atoms with Crippen LogP contribution in [0.25, 0.3) is 0 Å². The molecule has 2 rings (SSSR count). The lowest BCUT2D eigenvalue weighted by Crippen LogP contribution is -2.22. The highest BCUT2D eigenvalue weighted by molar-refractivity contribution is 9.11. The minimum Gasteiger partial charge on any atom is -0.306 e. The summed E-state index contributed by atoms with van der Waals surface area (Å²) in [6.45, 7) is 4.77. The van der Waals surface area contributed by atoms with Crippen molar-refractivity contribution in [3.63, 3.8) is 0 Å². The standard InChI is InChI=1S/C14H13Br2ClFNS/c1-3-19-13(12-4-7(2)14(16)20-12)8-5-10(17)9(15)6-11(8)18/h4-6,13,19H,3H2,1-2H3. The van der Waals surface area contributed by atoms with Crippen molar-refractivity contribution in [3.8, 4) is 0 Å². The van der Waals surface area contributed by atoms with Crippen LogP contribution in [0, 0.1) is 12.7 Å². The maximum absolute atomic E-state index is 14.3. The van der Waals surface area contributed by atoms with Gasteiger partial charge < -0.3 is 5.32 Å². The minimum absolute atomic E-state index is 0.194. The first-order chi connectivity index (χ1) is 9.43. The zero-order valence-electron chi connectivity index (χ0n) is 10.9. The van der Waals surface area contributed by atoms with Crippen molar-refractivity contribution >= 4 is 54.8 Å². The molecule has 0 saturated carbocycles. The van der Waals surface area contributed by atoms with Crippen molar-refractivity contribution in [1.29, 1.82) is 0 Å². The Labute approximate surface area is 143 Å². The average Bonchev–Trinajstić information content (AvgIpc) is 2.71. The molecule has 1 aromatic heterocycles. The molecular weight excluding hydrogens is 428 g/mol. The molecule has 20 heavy (non-hydrogen) atoms. The maximum Gasteiger partial charge on any atom is 0.129 e. The van der Waals surface area contributed by atoms with Crippen LogP contribution in [0.5, 0.6) is 0 Å². The molecule has 0 aliphatic carbocycles. The second-order valence-corrected chi connectivity index (χ2v) is 8.05. The zero-order chi connectivity index (χ0) is 14.9. The van der Waals surface area contributed by atoms with E-state index in [-0.39, 0.29) is 11.9 Å². The summed E-state index contributed by atoms with van der Waals surface area (Å²) in [4.78, 5) is 1.06. The van der Waals surface area contributed by atoms with Crippen molar-refractivity contribution in [2.75, 3.05) is 6.54 Å². The van der Waals surface area contributed by atoms with Crippen LogP contribution in [0.3, 0.4) is 0 Å². The first-order valence-corrected chi connectivity index (χ1v) is 8.85. The van der Waals surface area contributed by atoms with Crippen molar-refractivity contribution in [2.45, 2.75) is 19.9 Å².